The first-order chi connectivity index (χ1) is 25.6. The van der Waals surface area contributed by atoms with Gasteiger partial charge in [0.2, 0.25) is 0 Å². The molecule has 53 heavy (non-hydrogen) atoms. The highest BCUT2D eigenvalue weighted by Gasteiger charge is 2.50. The maximum atomic E-state index is 14.1. The van der Waals surface area contributed by atoms with Gasteiger partial charge >= 0.3 is 19.8 Å². The van der Waals surface area contributed by atoms with Crippen molar-refractivity contribution in [3.8, 4) is 18.1 Å². The number of terminal acetylenes is 1. The van der Waals surface area contributed by atoms with Crippen LogP contribution in [-0.4, -0.2) is 61.6 Å². The molecular formula is C38H56FN6O7P. The molecule has 5 atom stereocenters. The summed E-state index contributed by atoms with van der Waals surface area (Å²) in [7, 11) is -4.34. The lowest BCUT2D eigenvalue weighted by Crippen LogP contribution is -2.43. The lowest BCUT2D eigenvalue weighted by atomic mass is 9.99. The van der Waals surface area contributed by atoms with E-state index in [0.29, 0.717) is 0 Å². The lowest BCUT2D eigenvalue weighted by molar-refractivity contribution is -0.145. The highest BCUT2D eigenvalue weighted by molar-refractivity contribution is 7.52. The molecule has 292 valence electrons. The minimum atomic E-state index is -4.34. The van der Waals surface area contributed by atoms with Gasteiger partial charge in [0.25, 0.3) is 0 Å². The van der Waals surface area contributed by atoms with Crippen LogP contribution in [0.25, 0.3) is 11.2 Å². The molecule has 0 saturated carbocycles. The molecule has 0 amide bonds. The lowest BCUT2D eigenvalue weighted by Gasteiger charge is -2.29. The van der Waals surface area contributed by atoms with Crippen LogP contribution >= 0.6 is 7.75 Å². The summed E-state index contributed by atoms with van der Waals surface area (Å²) in [5.74, 6) is 1.83. The molecule has 2 aromatic heterocycles. The van der Waals surface area contributed by atoms with E-state index in [4.69, 9.17) is 30.7 Å². The number of carbonyl (C=O) groups is 1. The number of halogens is 1. The number of para-hydroxylation sites is 1. The van der Waals surface area contributed by atoms with E-state index < -0.39 is 50.4 Å². The number of carbonyl (C=O) groups excluding carboxylic acids is 1. The molecule has 3 heterocycles. The van der Waals surface area contributed by atoms with Crippen molar-refractivity contribution in [2.75, 3.05) is 18.9 Å². The minimum Gasteiger partial charge on any atom is -0.465 e. The molecule has 15 heteroatoms. The van der Waals surface area contributed by atoms with E-state index in [0.717, 1.165) is 19.3 Å². The Hall–Kier alpha value is -3.60. The number of aliphatic hydroxyl groups excluding tert-OH is 1. The number of imidazole rings is 1. The quantitative estimate of drug-likeness (QED) is 0.0252. The number of aromatic nitrogens is 4. The van der Waals surface area contributed by atoms with Crippen LogP contribution in [0, 0.1) is 18.4 Å². The predicted molar refractivity (Wildman–Crippen MR) is 201 cm³/mol. The van der Waals surface area contributed by atoms with Crippen LogP contribution in [0.2, 0.25) is 0 Å². The third-order valence-corrected chi connectivity index (χ3v) is 11.0. The van der Waals surface area contributed by atoms with Crippen LogP contribution < -0.4 is 15.3 Å². The number of aliphatic hydroxyl groups is 1. The normalized spacial score (nSPS) is 20.2. The highest BCUT2D eigenvalue weighted by atomic mass is 31.2. The summed E-state index contributed by atoms with van der Waals surface area (Å²) < 4.78 is 52.6. The van der Waals surface area contributed by atoms with Gasteiger partial charge in [0.05, 0.1) is 12.9 Å². The molecule has 4 rings (SSSR count). The fourth-order valence-electron chi connectivity index (χ4n) is 6.30. The molecule has 0 bridgehead atoms. The summed E-state index contributed by atoms with van der Waals surface area (Å²) in [6.07, 6.45) is 22.3. The number of hydrogen-bond donors (Lipinski definition) is 3. The topological polar surface area (TPSA) is 173 Å². The van der Waals surface area contributed by atoms with Gasteiger partial charge < -0.3 is 24.8 Å². The number of fused-ring (bicyclic) bond motifs is 1. The Morgan fingerprint density at radius 1 is 1.08 bits per heavy atom. The van der Waals surface area contributed by atoms with Crippen molar-refractivity contribution in [3.63, 3.8) is 0 Å². The number of ether oxygens (including phenoxy) is 2. The molecule has 13 nitrogen and oxygen atoms in total. The minimum absolute atomic E-state index is 0.0392. The van der Waals surface area contributed by atoms with E-state index in [1.165, 1.54) is 94.9 Å². The van der Waals surface area contributed by atoms with Crippen LogP contribution in [0.15, 0.2) is 36.7 Å². The van der Waals surface area contributed by atoms with Gasteiger partial charge in [-0.2, -0.15) is 19.4 Å². The molecule has 1 aromatic carbocycles. The van der Waals surface area contributed by atoms with Crippen molar-refractivity contribution in [1.82, 2.24) is 24.6 Å². The molecule has 4 N–H and O–H groups in total. The van der Waals surface area contributed by atoms with E-state index in [1.807, 2.05) is 0 Å². The number of unbranched alkanes of at least 4 members (excludes halogenated alkanes) is 14. The second kappa shape index (κ2) is 21.3. The Balaban J connectivity index is 1.23. The third kappa shape index (κ3) is 12.8. The van der Waals surface area contributed by atoms with Gasteiger partial charge in [-0.15, -0.1) is 6.42 Å². The average molecular weight is 759 g/mol. The van der Waals surface area contributed by atoms with Gasteiger partial charge in [-0.05, 0) is 25.5 Å². The first-order valence-electron chi connectivity index (χ1n) is 19.0. The van der Waals surface area contributed by atoms with Crippen LogP contribution in [0.4, 0.5) is 10.2 Å². The summed E-state index contributed by atoms with van der Waals surface area (Å²) in [6.45, 7) is 3.38. The Labute approximate surface area is 312 Å². The van der Waals surface area contributed by atoms with Gasteiger partial charge in [0.1, 0.15) is 30.7 Å². The summed E-state index contributed by atoms with van der Waals surface area (Å²) in [6, 6.07) is 7.18. The maximum Gasteiger partial charge on any atom is 0.459 e. The zero-order valence-corrected chi connectivity index (χ0v) is 32.0. The van der Waals surface area contributed by atoms with E-state index in [2.05, 4.69) is 32.9 Å². The van der Waals surface area contributed by atoms with Crippen molar-refractivity contribution < 1.29 is 37.4 Å². The number of benzene rings is 1. The van der Waals surface area contributed by atoms with Crippen LogP contribution in [0.5, 0.6) is 5.75 Å². The molecule has 3 aromatic rings. The van der Waals surface area contributed by atoms with Crippen LogP contribution in [-0.2, 0) is 23.4 Å². The van der Waals surface area contributed by atoms with Crippen molar-refractivity contribution in [3.05, 3.63) is 42.7 Å². The Bertz CT molecular complexity index is 1660. The predicted octanol–water partition coefficient (Wildman–Crippen LogP) is 7.80. The smallest absolute Gasteiger partial charge is 0.459 e. The number of nitrogen functional groups attached to an aromatic ring is 1. The van der Waals surface area contributed by atoms with Crippen molar-refractivity contribution >= 4 is 30.7 Å². The zero-order chi connectivity index (χ0) is 38.1. The van der Waals surface area contributed by atoms with Gasteiger partial charge in [-0.25, -0.2) is 9.55 Å². The molecule has 1 saturated heterocycles. The molecular weight excluding hydrogens is 702 g/mol. The molecule has 0 aliphatic carbocycles. The average Bonchev–Trinajstić information content (AvgIpc) is 3.71. The standard InChI is InChI=1S/C38H56FN6O7P/c1-4-6-7-8-9-10-11-12-13-14-15-16-17-18-22-25-49-36(47)29(3)44-53(48,52-30-23-20-19-21-24-30)50-27-38(5-2)31(46)26-32(51-38)45-28-41-33-34(40)42-37(39)43-35(33)45/h2,19-21,23-24,28-29,31-32,46H,4,6-18,22,25-27H2,1,3H3,(H,44,48)(H2,40,42,43)/t29-,31-,32+,38+,53+/m0/s1. The first kappa shape index (κ1) is 42.1. The van der Waals surface area contributed by atoms with Gasteiger partial charge in [0.15, 0.2) is 22.6 Å². The van der Waals surface area contributed by atoms with Gasteiger partial charge in [0, 0.05) is 6.42 Å². The second-order valence-corrected chi connectivity index (χ2v) is 15.4. The van der Waals surface area contributed by atoms with E-state index in [9.17, 15) is 18.9 Å². The fourth-order valence-corrected chi connectivity index (χ4v) is 7.82. The monoisotopic (exact) mass is 758 g/mol. The van der Waals surface area contributed by atoms with E-state index in [1.54, 1.807) is 30.3 Å². The second-order valence-electron chi connectivity index (χ2n) is 13.7. The summed E-state index contributed by atoms with van der Waals surface area (Å²) >= 11 is 0. The van der Waals surface area contributed by atoms with Crippen molar-refractivity contribution in [2.24, 2.45) is 0 Å². The number of esters is 1. The SMILES string of the molecule is C#C[C@]1(CO[P@](=O)(N[C@@H](C)C(=O)OCCCCCCCCCCCCCCCCC)Oc2ccccc2)O[C@@H](n2cnc3c(N)nc(F)nc32)C[C@@H]1O. The fraction of sp³-hybridized carbons (Fsp3) is 0.632. The van der Waals surface area contributed by atoms with Crippen LogP contribution in [0.1, 0.15) is 123 Å². The zero-order valence-electron chi connectivity index (χ0n) is 31.1. The van der Waals surface area contributed by atoms with Gasteiger partial charge in [-0.3, -0.25) is 13.9 Å². The molecule has 0 radical (unpaired) electrons. The van der Waals surface area contributed by atoms with Crippen LogP contribution in [0.3, 0.4) is 0 Å². The number of nitrogens with zero attached hydrogens (tertiary/aromatic N) is 4. The maximum absolute atomic E-state index is 14.1. The first-order valence-corrected chi connectivity index (χ1v) is 20.6. The Kier molecular flexibility index (Phi) is 17.0. The molecule has 0 spiro atoms. The highest BCUT2D eigenvalue weighted by Crippen LogP contribution is 2.48. The van der Waals surface area contributed by atoms with Gasteiger partial charge in [-0.1, -0.05) is 121 Å². The summed E-state index contributed by atoms with van der Waals surface area (Å²) in [5.41, 5.74) is 4.16. The van der Waals surface area contributed by atoms with Crippen molar-refractivity contribution in [1.29, 1.82) is 0 Å². The van der Waals surface area contributed by atoms with Crippen molar-refractivity contribution in [2.45, 2.75) is 141 Å². The number of nitrogens with one attached hydrogen (secondary N) is 1. The number of rotatable bonds is 25. The molecule has 1 aliphatic heterocycles. The number of anilines is 1. The Morgan fingerprint density at radius 3 is 2.28 bits per heavy atom. The number of nitrogens with two attached hydrogens (primary N) is 1. The largest absolute Gasteiger partial charge is 0.465 e. The third-order valence-electron chi connectivity index (χ3n) is 9.40. The summed E-state index contributed by atoms with van der Waals surface area (Å²) in [4.78, 5) is 24.3. The summed E-state index contributed by atoms with van der Waals surface area (Å²) in [5, 5.41) is 13.7. The molecule has 0 unspecified atom stereocenters. The molecule has 1 fully saturated rings. The molecule has 1 aliphatic rings. The number of hydrogen-bond acceptors (Lipinski definition) is 11. The van der Waals surface area contributed by atoms with E-state index >= 15 is 0 Å². The van der Waals surface area contributed by atoms with E-state index in [-0.39, 0.29) is 35.8 Å². The Morgan fingerprint density at radius 2 is 1.68 bits per heavy atom.